The van der Waals surface area contributed by atoms with Gasteiger partial charge in [-0.05, 0) is 47.7 Å². The highest BCUT2D eigenvalue weighted by Gasteiger charge is 2.10. The quantitative estimate of drug-likeness (QED) is 0.706. The number of carbonyl (C=O) groups excluding carboxylic acids is 1. The van der Waals surface area contributed by atoms with Gasteiger partial charge in [0.05, 0.1) is 0 Å². The summed E-state index contributed by atoms with van der Waals surface area (Å²) in [6, 6.07) is 13.7. The van der Waals surface area contributed by atoms with Gasteiger partial charge in [-0.2, -0.15) is 0 Å². The molecule has 0 bridgehead atoms. The second-order valence-corrected chi connectivity index (χ2v) is 5.89. The van der Waals surface area contributed by atoms with Crippen molar-refractivity contribution in [1.29, 1.82) is 0 Å². The first kappa shape index (κ1) is 14.8. The van der Waals surface area contributed by atoms with Gasteiger partial charge in [0.25, 0.3) is 0 Å². The number of halogens is 1. The molecule has 1 nitrogen and oxygen atoms in total. The Morgan fingerprint density at radius 2 is 1.75 bits per heavy atom. The highest BCUT2D eigenvalue weighted by Crippen LogP contribution is 2.19. The summed E-state index contributed by atoms with van der Waals surface area (Å²) in [6.07, 6.45) is 0.431. The Labute approximate surface area is 125 Å². The van der Waals surface area contributed by atoms with Gasteiger partial charge in [-0.3, -0.25) is 4.79 Å². The Morgan fingerprint density at radius 1 is 1.10 bits per heavy atom. The molecule has 0 saturated carbocycles. The Balaban J connectivity index is 2.15. The minimum atomic E-state index is 0.136. The lowest BCUT2D eigenvalue weighted by Gasteiger charge is -2.08. The standard InChI is InChI=1S/C18H19ClO/c1-12(2)15-6-4-14(5-7-15)11-18(20)17-9-8-16(19)10-13(17)3/h4-10,12H,11H2,1-3H3. The molecule has 0 aliphatic rings. The van der Waals surface area contributed by atoms with E-state index < -0.39 is 0 Å². The summed E-state index contributed by atoms with van der Waals surface area (Å²) in [7, 11) is 0. The van der Waals surface area contributed by atoms with Gasteiger partial charge in [0.2, 0.25) is 0 Å². The van der Waals surface area contributed by atoms with Crippen molar-refractivity contribution in [2.45, 2.75) is 33.1 Å². The maximum Gasteiger partial charge on any atom is 0.167 e. The van der Waals surface area contributed by atoms with Crippen LogP contribution in [0.2, 0.25) is 5.02 Å². The summed E-state index contributed by atoms with van der Waals surface area (Å²) in [4.78, 5) is 12.3. The summed E-state index contributed by atoms with van der Waals surface area (Å²) in [6.45, 7) is 6.25. The number of hydrogen-bond donors (Lipinski definition) is 0. The van der Waals surface area contributed by atoms with Crippen molar-refractivity contribution in [3.63, 3.8) is 0 Å². The van der Waals surface area contributed by atoms with Crippen LogP contribution in [0.25, 0.3) is 0 Å². The van der Waals surface area contributed by atoms with E-state index >= 15 is 0 Å². The zero-order chi connectivity index (χ0) is 14.7. The van der Waals surface area contributed by atoms with Crippen molar-refractivity contribution in [2.75, 3.05) is 0 Å². The summed E-state index contributed by atoms with van der Waals surface area (Å²) in [5.74, 6) is 0.648. The van der Waals surface area contributed by atoms with Crippen LogP contribution in [-0.4, -0.2) is 5.78 Å². The Hall–Kier alpha value is -1.60. The average molecular weight is 287 g/mol. The third kappa shape index (κ3) is 3.49. The van der Waals surface area contributed by atoms with Gasteiger partial charge >= 0.3 is 0 Å². The van der Waals surface area contributed by atoms with Crippen LogP contribution in [-0.2, 0) is 6.42 Å². The lowest BCUT2D eigenvalue weighted by atomic mass is 9.97. The predicted octanol–water partition coefficient (Wildman–Crippen LogP) is 5.20. The van der Waals surface area contributed by atoms with E-state index in [1.807, 2.05) is 31.2 Å². The normalized spacial score (nSPS) is 10.8. The molecule has 0 aliphatic heterocycles. The number of ketones is 1. The zero-order valence-corrected chi connectivity index (χ0v) is 12.9. The fraction of sp³-hybridized carbons (Fsp3) is 0.278. The van der Waals surface area contributed by atoms with E-state index in [0.717, 1.165) is 16.7 Å². The predicted molar refractivity (Wildman–Crippen MR) is 84.8 cm³/mol. The number of hydrogen-bond acceptors (Lipinski definition) is 1. The van der Waals surface area contributed by atoms with Gasteiger partial charge in [-0.25, -0.2) is 0 Å². The van der Waals surface area contributed by atoms with Gasteiger partial charge < -0.3 is 0 Å². The van der Waals surface area contributed by atoms with Crippen molar-refractivity contribution >= 4 is 17.4 Å². The van der Waals surface area contributed by atoms with E-state index in [-0.39, 0.29) is 5.78 Å². The van der Waals surface area contributed by atoms with E-state index in [9.17, 15) is 4.79 Å². The molecule has 2 aromatic carbocycles. The molecule has 0 aliphatic carbocycles. The number of rotatable bonds is 4. The first-order valence-corrected chi connectivity index (χ1v) is 7.23. The molecule has 104 valence electrons. The van der Waals surface area contributed by atoms with Gasteiger partial charge in [-0.15, -0.1) is 0 Å². The molecule has 0 unspecified atom stereocenters. The highest BCUT2D eigenvalue weighted by molar-refractivity contribution is 6.30. The van der Waals surface area contributed by atoms with Crippen molar-refractivity contribution < 1.29 is 4.79 Å². The maximum absolute atomic E-state index is 12.3. The second-order valence-electron chi connectivity index (χ2n) is 5.46. The molecule has 2 rings (SSSR count). The number of benzene rings is 2. The fourth-order valence-electron chi connectivity index (χ4n) is 2.24. The van der Waals surface area contributed by atoms with Crippen molar-refractivity contribution in [3.8, 4) is 0 Å². The average Bonchev–Trinajstić information content (AvgIpc) is 2.39. The number of Topliss-reactive ketones (excluding diaryl/α,β-unsaturated/α-hetero) is 1. The third-order valence-corrected chi connectivity index (χ3v) is 3.74. The van der Waals surface area contributed by atoms with Crippen LogP contribution >= 0.6 is 11.6 Å². The van der Waals surface area contributed by atoms with Crippen LogP contribution in [0, 0.1) is 6.92 Å². The van der Waals surface area contributed by atoms with Gasteiger partial charge in [0.15, 0.2) is 5.78 Å². The molecular weight excluding hydrogens is 268 g/mol. The lowest BCUT2D eigenvalue weighted by Crippen LogP contribution is -2.05. The molecule has 0 fully saturated rings. The Bertz CT molecular complexity index is 612. The molecule has 20 heavy (non-hydrogen) atoms. The van der Waals surface area contributed by atoms with Crippen molar-refractivity contribution in [2.24, 2.45) is 0 Å². The van der Waals surface area contributed by atoms with Crippen molar-refractivity contribution in [1.82, 2.24) is 0 Å². The largest absolute Gasteiger partial charge is 0.294 e. The van der Waals surface area contributed by atoms with E-state index in [1.54, 1.807) is 6.07 Å². The van der Waals surface area contributed by atoms with Crippen molar-refractivity contribution in [3.05, 3.63) is 69.7 Å². The van der Waals surface area contributed by atoms with Crippen LogP contribution < -0.4 is 0 Å². The topological polar surface area (TPSA) is 17.1 Å². The van der Waals surface area contributed by atoms with E-state index in [2.05, 4.69) is 26.0 Å². The van der Waals surface area contributed by atoms with Gasteiger partial charge in [-0.1, -0.05) is 49.7 Å². The van der Waals surface area contributed by atoms with E-state index in [4.69, 9.17) is 11.6 Å². The molecule has 0 radical (unpaired) electrons. The minimum Gasteiger partial charge on any atom is -0.294 e. The Kier molecular flexibility index (Phi) is 4.61. The zero-order valence-electron chi connectivity index (χ0n) is 12.1. The van der Waals surface area contributed by atoms with Crippen LogP contribution in [0.1, 0.15) is 46.8 Å². The molecule has 0 heterocycles. The summed E-state index contributed by atoms with van der Waals surface area (Å²) in [5, 5.41) is 0.667. The molecule has 0 atom stereocenters. The molecule has 2 heteroatoms. The summed E-state index contributed by atoms with van der Waals surface area (Å²) >= 11 is 5.92. The second kappa shape index (κ2) is 6.23. The molecule has 0 aromatic heterocycles. The first-order valence-electron chi connectivity index (χ1n) is 6.85. The van der Waals surface area contributed by atoms with Gasteiger partial charge in [0.1, 0.15) is 0 Å². The third-order valence-electron chi connectivity index (χ3n) is 3.50. The highest BCUT2D eigenvalue weighted by atomic mass is 35.5. The minimum absolute atomic E-state index is 0.136. The summed E-state index contributed by atoms with van der Waals surface area (Å²) in [5.41, 5.74) is 4.03. The fourth-order valence-corrected chi connectivity index (χ4v) is 2.47. The van der Waals surface area contributed by atoms with Crippen LogP contribution in [0.5, 0.6) is 0 Å². The monoisotopic (exact) mass is 286 g/mol. The van der Waals surface area contributed by atoms with Crippen LogP contribution in [0.3, 0.4) is 0 Å². The molecular formula is C18H19ClO. The van der Waals surface area contributed by atoms with E-state index in [0.29, 0.717) is 17.4 Å². The maximum atomic E-state index is 12.3. The first-order chi connectivity index (χ1) is 9.47. The summed E-state index contributed by atoms with van der Waals surface area (Å²) < 4.78 is 0. The molecule has 2 aromatic rings. The van der Waals surface area contributed by atoms with Crippen LogP contribution in [0.4, 0.5) is 0 Å². The van der Waals surface area contributed by atoms with E-state index in [1.165, 1.54) is 5.56 Å². The van der Waals surface area contributed by atoms with Crippen LogP contribution in [0.15, 0.2) is 42.5 Å². The number of carbonyl (C=O) groups is 1. The molecule has 0 N–H and O–H groups in total. The lowest BCUT2D eigenvalue weighted by molar-refractivity contribution is 0.0992. The molecule has 0 saturated heterocycles. The van der Waals surface area contributed by atoms with Gasteiger partial charge in [0, 0.05) is 17.0 Å². The molecule has 0 spiro atoms. The smallest absolute Gasteiger partial charge is 0.167 e. The Morgan fingerprint density at radius 3 is 2.30 bits per heavy atom. The molecule has 0 amide bonds. The SMILES string of the molecule is Cc1cc(Cl)ccc1C(=O)Cc1ccc(C(C)C)cc1. The number of aryl methyl sites for hydroxylation is 1.